The first kappa shape index (κ1) is 89.3. The molecule has 0 aliphatic carbocycles. The fourth-order valence-corrected chi connectivity index (χ4v) is 5.98. The molecule has 0 bridgehead atoms. The molecular weight excluding hydrogens is 1190 g/mol. The van der Waals surface area contributed by atoms with E-state index in [2.05, 4.69) is 21.3 Å². The van der Waals surface area contributed by atoms with E-state index < -0.39 is 90.3 Å². The van der Waals surface area contributed by atoms with Crippen LogP contribution in [0.1, 0.15) is 87.3 Å². The van der Waals surface area contributed by atoms with Crippen molar-refractivity contribution in [3.63, 3.8) is 0 Å². The summed E-state index contributed by atoms with van der Waals surface area (Å²) in [6.45, 7) is 17.1. The molecule has 25 nitrogen and oxygen atoms in total. The van der Waals surface area contributed by atoms with Crippen LogP contribution in [-0.4, -0.2) is 172 Å². The van der Waals surface area contributed by atoms with E-state index in [-0.39, 0.29) is 129 Å². The number of halogens is 7. The maximum Gasteiger partial charge on any atom is 1.00 e. The predicted octanol–water partition coefficient (Wildman–Crippen LogP) is -3.27. The number of rotatable bonds is 22. The molecule has 82 heavy (non-hydrogen) atoms. The molecule has 2 aromatic carbocycles. The van der Waals surface area contributed by atoms with E-state index in [0.29, 0.717) is 19.6 Å². The van der Waals surface area contributed by atoms with Crippen LogP contribution < -0.4 is 88.8 Å². The summed E-state index contributed by atoms with van der Waals surface area (Å²) in [5, 5.41) is 45.7. The minimum atomic E-state index is -6.85. The van der Waals surface area contributed by atoms with Gasteiger partial charge in [0.2, 0.25) is 0 Å². The number of carbonyl (C=O) groups excluding carboxylic acids is 5. The van der Waals surface area contributed by atoms with Gasteiger partial charge < -0.3 is 81.5 Å². The van der Waals surface area contributed by atoms with Crippen molar-refractivity contribution in [2.45, 2.75) is 135 Å². The van der Waals surface area contributed by atoms with Gasteiger partial charge in [-0.2, -0.15) is 43.2 Å². The molecule has 0 aliphatic rings. The number of carbonyl (C=O) groups is 5. The molecule has 0 fully saturated rings. The molecule has 0 saturated heterocycles. The molecule has 0 aliphatic heterocycles. The number of aliphatic hydroxyl groups is 4. The van der Waals surface area contributed by atoms with E-state index in [1.54, 1.807) is 62.3 Å². The second-order valence-electron chi connectivity index (χ2n) is 18.5. The first-order valence-electron chi connectivity index (χ1n) is 23.4. The van der Waals surface area contributed by atoms with Gasteiger partial charge >= 0.3 is 113 Å². The van der Waals surface area contributed by atoms with Crippen molar-refractivity contribution in [3.8, 4) is 0 Å². The van der Waals surface area contributed by atoms with Gasteiger partial charge in [-0.1, -0.05) is 68.1 Å². The quantitative estimate of drug-likeness (QED) is 0.0138. The van der Waals surface area contributed by atoms with Gasteiger partial charge in [0, 0.05) is 38.8 Å². The SMILES string of the molecule is C.CC(C)(C)OC(=O)C[C@@H](N)CO.CC(C)(C)OC(=O)[C@H](CO)NCCN.CC(C)(C)OC(=O)[C@H](CO)NCCNC(=O)OCc1ccccc1.O=C(NCCO)OCc1ccccc1.O=S(=O)(OS(=O)(=O)C(F)(F)F)C(F)(F)F.[F-].[K+]. The van der Waals surface area contributed by atoms with E-state index in [1.807, 2.05) is 64.3 Å². The van der Waals surface area contributed by atoms with Gasteiger partial charge in [0.1, 0.15) is 42.1 Å². The van der Waals surface area contributed by atoms with Crippen LogP contribution in [0, 0.1) is 0 Å². The molecule has 0 heterocycles. The average molecular weight is 1270 g/mol. The van der Waals surface area contributed by atoms with Gasteiger partial charge in [-0.25, -0.2) is 9.59 Å². The summed E-state index contributed by atoms with van der Waals surface area (Å²) < 4.78 is 135. The number of ether oxygens (including phenoxy) is 5. The van der Waals surface area contributed by atoms with Crippen LogP contribution in [0.2, 0.25) is 0 Å². The van der Waals surface area contributed by atoms with Crippen molar-refractivity contribution in [2.75, 3.05) is 59.2 Å². The molecule has 0 unspecified atom stereocenters. The molecule has 35 heteroatoms. The summed E-state index contributed by atoms with van der Waals surface area (Å²) in [5.41, 5.74) is -1.71. The molecule has 0 saturated carbocycles. The summed E-state index contributed by atoms with van der Waals surface area (Å²) in [5.74, 6) is -1.35. The van der Waals surface area contributed by atoms with Crippen LogP contribution in [0.5, 0.6) is 0 Å². The number of alkyl halides is 6. The topological polar surface area (TPSA) is 390 Å². The smallest absolute Gasteiger partial charge is 1.00 e. The van der Waals surface area contributed by atoms with E-state index in [9.17, 15) is 72.3 Å². The minimum absolute atomic E-state index is 0. The minimum Gasteiger partial charge on any atom is -1.00 e. The number of hydrogen-bond donors (Lipinski definition) is 10. The van der Waals surface area contributed by atoms with Crippen LogP contribution in [-0.2, 0) is 75.1 Å². The molecule has 2 rings (SSSR count). The van der Waals surface area contributed by atoms with Gasteiger partial charge in [-0.15, -0.1) is 3.63 Å². The molecule has 2 aromatic rings. The average Bonchev–Trinajstić information content (AvgIpc) is 3.31. The Balaban J connectivity index is -0.000000224. The number of nitrogens with two attached hydrogens (primary N) is 2. The molecule has 474 valence electrons. The molecule has 3 atom stereocenters. The Bertz CT molecular complexity index is 2240. The largest absolute Gasteiger partial charge is 1.00 e. The van der Waals surface area contributed by atoms with Crippen molar-refractivity contribution < 1.29 is 171 Å². The van der Waals surface area contributed by atoms with Gasteiger partial charge in [0.25, 0.3) is 0 Å². The van der Waals surface area contributed by atoms with Crippen molar-refractivity contribution in [1.82, 2.24) is 21.3 Å². The van der Waals surface area contributed by atoms with E-state index >= 15 is 0 Å². The third kappa shape index (κ3) is 48.5. The van der Waals surface area contributed by atoms with Crippen LogP contribution in [0.4, 0.5) is 35.9 Å². The standard InChI is InChI=1S/C17H26N2O5.C10H13NO3.C9H20N2O3.C8H17NO3.C2F6O5S2.CH4.FH.K/c1-17(2,3)24-15(21)14(11-20)18-9-10-19-16(22)23-12-13-7-5-4-6-8-13;12-7-6-11-10(13)14-8-9-4-2-1-3-5-9;1-9(2,3)14-8(13)7(6-12)11-5-4-10;1-8(2,3)12-7(11)4-6(9)5-10;3-1(4,5)14(9,10)13-15(11,12)2(6,7)8;;;/h4-8,14,18,20H,9-12H2,1-3H3,(H,19,22);1-5,12H,6-8H2,(H,11,13);7,11-12H,4-6,10H2,1-3H3;6,10H,4-5,9H2,1-3H3;;1H4;1H;/q;;;;;;;+1/p-1/t14-;;7-;6-;;;;/m0.01..../s1. The number of aliphatic hydroxyl groups excluding tert-OH is 4. The van der Waals surface area contributed by atoms with Crippen LogP contribution in [0.15, 0.2) is 60.7 Å². The van der Waals surface area contributed by atoms with Crippen molar-refractivity contribution in [3.05, 3.63) is 71.8 Å². The fraction of sp³-hybridized carbons (Fsp3) is 0.638. The molecular formula is C47H80F7KN6O19S2. The Labute approximate surface area is 516 Å². The maximum absolute atomic E-state index is 11.8. The second-order valence-corrected chi connectivity index (χ2v) is 21.8. The molecule has 12 N–H and O–H groups in total. The summed E-state index contributed by atoms with van der Waals surface area (Å²) in [7, 11) is -13.7. The molecule has 0 radical (unpaired) electrons. The summed E-state index contributed by atoms with van der Waals surface area (Å²) >= 11 is 0. The third-order valence-electron chi connectivity index (χ3n) is 7.70. The number of nitrogens with one attached hydrogen (secondary N) is 4. The normalized spacial score (nSPS) is 12.5. The zero-order valence-corrected chi connectivity index (χ0v) is 51.3. The fourth-order valence-electron chi connectivity index (χ4n) is 4.42. The third-order valence-corrected chi connectivity index (χ3v) is 10.3. The van der Waals surface area contributed by atoms with Gasteiger partial charge in [-0.3, -0.25) is 14.4 Å². The zero-order chi connectivity index (χ0) is 61.9. The van der Waals surface area contributed by atoms with Gasteiger partial charge in [-0.05, 0) is 73.4 Å². The van der Waals surface area contributed by atoms with Gasteiger partial charge in [0.15, 0.2) is 0 Å². The maximum atomic E-state index is 11.8. The summed E-state index contributed by atoms with van der Waals surface area (Å²) in [4.78, 5) is 56.7. The Morgan fingerprint density at radius 1 is 0.561 bits per heavy atom. The van der Waals surface area contributed by atoms with Crippen LogP contribution in [0.3, 0.4) is 0 Å². The van der Waals surface area contributed by atoms with Crippen molar-refractivity contribution >= 4 is 50.3 Å². The predicted molar refractivity (Wildman–Crippen MR) is 278 cm³/mol. The number of alkyl carbamates (subject to hydrolysis) is 2. The van der Waals surface area contributed by atoms with Gasteiger partial charge in [0.05, 0.1) is 32.8 Å². The summed E-state index contributed by atoms with van der Waals surface area (Å²) in [6.07, 6.45) is -0.991. The van der Waals surface area contributed by atoms with E-state index in [0.717, 1.165) is 11.1 Å². The van der Waals surface area contributed by atoms with E-state index in [4.69, 9.17) is 50.5 Å². The van der Waals surface area contributed by atoms with E-state index in [1.165, 1.54) is 0 Å². The number of benzene rings is 2. The van der Waals surface area contributed by atoms with Crippen molar-refractivity contribution in [2.24, 2.45) is 11.5 Å². The first-order valence-corrected chi connectivity index (χ1v) is 26.2. The Morgan fingerprint density at radius 3 is 1.20 bits per heavy atom. The van der Waals surface area contributed by atoms with Crippen LogP contribution in [0.25, 0.3) is 0 Å². The number of amides is 2. The monoisotopic (exact) mass is 1270 g/mol. The molecule has 2 amide bonds. The first-order chi connectivity index (χ1) is 36.1. The molecule has 0 spiro atoms. The summed E-state index contributed by atoms with van der Waals surface area (Å²) in [6, 6.07) is 16.7. The Hall–Kier alpha value is -3.92. The Morgan fingerprint density at radius 2 is 0.902 bits per heavy atom. The Kier molecular flexibility index (Phi) is 48.5. The second kappa shape index (κ2) is 44.5. The number of esters is 3. The molecule has 0 aromatic heterocycles. The number of hydrogen-bond acceptors (Lipinski definition) is 23. The zero-order valence-electron chi connectivity index (χ0n) is 46.5. The van der Waals surface area contributed by atoms with Crippen molar-refractivity contribution in [1.29, 1.82) is 0 Å². The van der Waals surface area contributed by atoms with Crippen LogP contribution >= 0.6 is 0 Å².